The van der Waals surface area contributed by atoms with Crippen LogP contribution in [0.2, 0.25) is 0 Å². The predicted octanol–water partition coefficient (Wildman–Crippen LogP) is 2.44. The second-order valence-corrected chi connectivity index (χ2v) is 3.07. The molecule has 1 aliphatic carbocycles. The van der Waals surface area contributed by atoms with Crippen molar-refractivity contribution in [3.63, 3.8) is 0 Å². The summed E-state index contributed by atoms with van der Waals surface area (Å²) < 4.78 is 0. The Hall–Kier alpha value is 0. The highest BCUT2D eigenvalue weighted by Gasteiger charge is 2.21. The molecule has 7 heavy (non-hydrogen) atoms. The zero-order valence-electron chi connectivity index (χ0n) is 5.28. The highest BCUT2D eigenvalue weighted by atomic mass is 14.3. The highest BCUT2D eigenvalue weighted by molar-refractivity contribution is 4.73. The summed E-state index contributed by atoms with van der Waals surface area (Å²) >= 11 is 0. The first-order chi connectivity index (χ1) is 3.29. The standard InChI is InChI=1S/C7H14/c1-6(2)5-7-3-4-7/h6-7H,3-5H2,1-2H3. The van der Waals surface area contributed by atoms with Gasteiger partial charge in [-0.25, -0.2) is 0 Å². The maximum absolute atomic E-state index is 2.30. The third-order valence-electron chi connectivity index (χ3n) is 1.50. The Morgan fingerprint density at radius 3 is 2.14 bits per heavy atom. The molecule has 0 heteroatoms. The molecule has 1 fully saturated rings. The van der Waals surface area contributed by atoms with Gasteiger partial charge in [0.15, 0.2) is 0 Å². The molecule has 0 radical (unpaired) electrons. The summed E-state index contributed by atoms with van der Waals surface area (Å²) in [5, 5.41) is 0. The number of rotatable bonds is 2. The second kappa shape index (κ2) is 1.85. The van der Waals surface area contributed by atoms with Crippen molar-refractivity contribution in [2.75, 3.05) is 0 Å². The average molecular weight is 98.2 g/mol. The molecule has 0 N–H and O–H groups in total. The lowest BCUT2D eigenvalue weighted by Crippen LogP contribution is -1.86. The molecular formula is C7H14. The van der Waals surface area contributed by atoms with Gasteiger partial charge in [0.25, 0.3) is 0 Å². The lowest BCUT2D eigenvalue weighted by atomic mass is 10.1. The van der Waals surface area contributed by atoms with Crippen molar-refractivity contribution < 1.29 is 0 Å². The van der Waals surface area contributed by atoms with E-state index in [0.717, 1.165) is 11.8 Å². The van der Waals surface area contributed by atoms with Crippen molar-refractivity contribution in [2.24, 2.45) is 11.8 Å². The van der Waals surface area contributed by atoms with Gasteiger partial charge < -0.3 is 0 Å². The first kappa shape index (κ1) is 5.14. The molecule has 0 aliphatic heterocycles. The molecule has 0 nitrogen and oxygen atoms in total. The van der Waals surface area contributed by atoms with Gasteiger partial charge in [-0.05, 0) is 18.3 Å². The van der Waals surface area contributed by atoms with E-state index >= 15 is 0 Å². The zero-order valence-corrected chi connectivity index (χ0v) is 5.28. The van der Waals surface area contributed by atoms with Crippen LogP contribution in [0, 0.1) is 11.8 Å². The minimum atomic E-state index is 0.937. The van der Waals surface area contributed by atoms with Gasteiger partial charge in [-0.1, -0.05) is 26.7 Å². The molecule has 1 saturated carbocycles. The van der Waals surface area contributed by atoms with Crippen LogP contribution in [0.5, 0.6) is 0 Å². The molecule has 0 heterocycles. The van der Waals surface area contributed by atoms with Crippen LogP contribution < -0.4 is 0 Å². The van der Waals surface area contributed by atoms with Crippen LogP contribution in [0.4, 0.5) is 0 Å². The Balaban J connectivity index is 1.97. The van der Waals surface area contributed by atoms with E-state index in [1.165, 1.54) is 19.3 Å². The Bertz CT molecular complexity index is 51.1. The van der Waals surface area contributed by atoms with Crippen molar-refractivity contribution in [3.8, 4) is 0 Å². The van der Waals surface area contributed by atoms with Gasteiger partial charge in [0, 0.05) is 0 Å². The summed E-state index contributed by atoms with van der Waals surface area (Å²) in [5.41, 5.74) is 0. The van der Waals surface area contributed by atoms with Gasteiger partial charge >= 0.3 is 0 Å². The van der Waals surface area contributed by atoms with Crippen molar-refractivity contribution in [1.29, 1.82) is 0 Å². The van der Waals surface area contributed by atoms with Crippen molar-refractivity contribution >= 4 is 0 Å². The SMILES string of the molecule is CC(C)CC1CC1. The molecule has 42 valence electrons. The van der Waals surface area contributed by atoms with Crippen LogP contribution in [-0.2, 0) is 0 Å². The fraction of sp³-hybridized carbons (Fsp3) is 1.00. The van der Waals surface area contributed by atoms with E-state index in [0.29, 0.717) is 0 Å². The fourth-order valence-corrected chi connectivity index (χ4v) is 1.02. The van der Waals surface area contributed by atoms with Crippen LogP contribution in [-0.4, -0.2) is 0 Å². The molecule has 0 spiro atoms. The lowest BCUT2D eigenvalue weighted by molar-refractivity contribution is 0.541. The van der Waals surface area contributed by atoms with Gasteiger partial charge in [0.1, 0.15) is 0 Å². The zero-order chi connectivity index (χ0) is 5.28. The van der Waals surface area contributed by atoms with Crippen LogP contribution in [0.3, 0.4) is 0 Å². The quantitative estimate of drug-likeness (QED) is 0.497. The first-order valence-electron chi connectivity index (χ1n) is 3.29. The Labute approximate surface area is 45.9 Å². The molecule has 0 aromatic heterocycles. The maximum Gasteiger partial charge on any atom is -0.0412 e. The molecule has 0 amide bonds. The van der Waals surface area contributed by atoms with Crippen molar-refractivity contribution in [3.05, 3.63) is 0 Å². The van der Waals surface area contributed by atoms with E-state index in [-0.39, 0.29) is 0 Å². The normalized spacial score (nSPS) is 21.0. The van der Waals surface area contributed by atoms with Crippen molar-refractivity contribution in [2.45, 2.75) is 33.1 Å². The Kier molecular flexibility index (Phi) is 1.36. The molecule has 0 aromatic carbocycles. The smallest absolute Gasteiger partial charge is 0.0412 e. The van der Waals surface area contributed by atoms with E-state index in [1.807, 2.05) is 0 Å². The van der Waals surface area contributed by atoms with Crippen LogP contribution in [0.15, 0.2) is 0 Å². The molecule has 0 aromatic rings. The summed E-state index contributed by atoms with van der Waals surface area (Å²) in [6.07, 6.45) is 4.50. The molecule has 0 saturated heterocycles. The molecule has 0 atom stereocenters. The summed E-state index contributed by atoms with van der Waals surface area (Å²) in [5.74, 6) is 2.06. The van der Waals surface area contributed by atoms with E-state index < -0.39 is 0 Å². The molecular weight excluding hydrogens is 84.1 g/mol. The highest BCUT2D eigenvalue weighted by Crippen LogP contribution is 2.34. The van der Waals surface area contributed by atoms with Crippen molar-refractivity contribution in [1.82, 2.24) is 0 Å². The maximum atomic E-state index is 2.30. The monoisotopic (exact) mass is 98.1 g/mol. The van der Waals surface area contributed by atoms with E-state index in [2.05, 4.69) is 13.8 Å². The topological polar surface area (TPSA) is 0 Å². The third kappa shape index (κ3) is 1.96. The molecule has 1 aliphatic rings. The largest absolute Gasteiger partial charge is 0.0628 e. The summed E-state index contributed by atoms with van der Waals surface area (Å²) in [6.45, 7) is 4.61. The third-order valence-corrected chi connectivity index (χ3v) is 1.50. The average Bonchev–Trinajstić information content (AvgIpc) is 2.17. The first-order valence-corrected chi connectivity index (χ1v) is 3.29. The van der Waals surface area contributed by atoms with Gasteiger partial charge in [0.2, 0.25) is 0 Å². The van der Waals surface area contributed by atoms with E-state index in [9.17, 15) is 0 Å². The molecule has 0 unspecified atom stereocenters. The van der Waals surface area contributed by atoms with Crippen LogP contribution >= 0.6 is 0 Å². The van der Waals surface area contributed by atoms with E-state index in [4.69, 9.17) is 0 Å². The van der Waals surface area contributed by atoms with Gasteiger partial charge in [0.05, 0.1) is 0 Å². The summed E-state index contributed by atoms with van der Waals surface area (Å²) in [4.78, 5) is 0. The lowest BCUT2D eigenvalue weighted by Gasteiger charge is -1.98. The molecule has 1 rings (SSSR count). The van der Waals surface area contributed by atoms with Gasteiger partial charge in [-0.3, -0.25) is 0 Å². The Morgan fingerprint density at radius 1 is 1.43 bits per heavy atom. The summed E-state index contributed by atoms with van der Waals surface area (Å²) in [7, 11) is 0. The number of hydrogen-bond donors (Lipinski definition) is 0. The minimum absolute atomic E-state index is 0.937. The van der Waals surface area contributed by atoms with Gasteiger partial charge in [-0.2, -0.15) is 0 Å². The van der Waals surface area contributed by atoms with Crippen LogP contribution in [0.1, 0.15) is 33.1 Å². The molecule has 0 bridgehead atoms. The van der Waals surface area contributed by atoms with Crippen LogP contribution in [0.25, 0.3) is 0 Å². The minimum Gasteiger partial charge on any atom is -0.0628 e. The van der Waals surface area contributed by atoms with E-state index in [1.54, 1.807) is 0 Å². The summed E-state index contributed by atoms with van der Waals surface area (Å²) in [6, 6.07) is 0. The van der Waals surface area contributed by atoms with Gasteiger partial charge in [-0.15, -0.1) is 0 Å². The fourth-order valence-electron chi connectivity index (χ4n) is 1.02. The number of hydrogen-bond acceptors (Lipinski definition) is 0. The Morgan fingerprint density at radius 2 is 2.00 bits per heavy atom. The second-order valence-electron chi connectivity index (χ2n) is 3.07. The predicted molar refractivity (Wildman–Crippen MR) is 32.2 cm³/mol.